The van der Waals surface area contributed by atoms with Gasteiger partial charge < -0.3 is 34.6 Å². The molecule has 3 saturated heterocycles. The number of anilines is 3. The monoisotopic (exact) mass is 1390 g/mol. The fourth-order valence-corrected chi connectivity index (χ4v) is 17.8. The number of rotatable bonds is 31. The number of imide groups is 2. The van der Waals surface area contributed by atoms with Gasteiger partial charge in [-0.15, -0.1) is 11.8 Å². The van der Waals surface area contributed by atoms with E-state index in [1.807, 2.05) is 35.1 Å². The third-order valence-corrected chi connectivity index (χ3v) is 24.3. The lowest BCUT2D eigenvalue weighted by Gasteiger charge is -2.73. The number of hydrogen-bond acceptors (Lipinski definition) is 19. The van der Waals surface area contributed by atoms with Crippen molar-refractivity contribution in [3.63, 3.8) is 0 Å². The van der Waals surface area contributed by atoms with E-state index >= 15 is 0 Å². The summed E-state index contributed by atoms with van der Waals surface area (Å²) in [5.41, 5.74) is 0.179. The summed E-state index contributed by atoms with van der Waals surface area (Å²) in [6.07, 6.45) is 9.36. The molecule has 4 aromatic carbocycles. The van der Waals surface area contributed by atoms with E-state index in [2.05, 4.69) is 56.3 Å². The normalized spacial score (nSPS) is 22.9. The van der Waals surface area contributed by atoms with Gasteiger partial charge in [0, 0.05) is 119 Å². The highest BCUT2D eigenvalue weighted by molar-refractivity contribution is 7.99. The molecule has 0 radical (unpaired) electrons. The minimum atomic E-state index is -6.13. The molecule has 4 heterocycles. The summed E-state index contributed by atoms with van der Waals surface area (Å²) in [4.78, 5) is 73.1. The first-order valence-corrected chi connectivity index (χ1v) is 37.3. The first kappa shape index (κ1) is 70.9. The highest BCUT2D eigenvalue weighted by Crippen LogP contribution is 2.79. The van der Waals surface area contributed by atoms with Gasteiger partial charge in [0.2, 0.25) is 11.8 Å². The molecule has 96 heavy (non-hydrogen) atoms. The van der Waals surface area contributed by atoms with Gasteiger partial charge in [0.1, 0.15) is 10.9 Å². The van der Waals surface area contributed by atoms with Gasteiger partial charge in [0.15, 0.2) is 0 Å². The van der Waals surface area contributed by atoms with Crippen LogP contribution in [0.2, 0.25) is 0 Å². The van der Waals surface area contributed by atoms with E-state index in [1.165, 1.54) is 68.5 Å². The second-order valence-electron chi connectivity index (χ2n) is 27.3. The minimum absolute atomic E-state index is 0.00112. The standard InChI is InChI=1S/C69H88F3N9O12S3/c1-4-67-45-68(46-67,47-67)55-42-66(2,3)23-21-49(55)43-79-30-32-80(33-31-79)51-15-13-48(14-16-51)62(83)76-96(89,90)53-17-18-56(59(41-53)95(87,88)69(70,71)72)74-50(44-94-52-9-6-5-7-10-52)22-25-77-26-28-78(29-27-77)34-36-92-38-40-93-39-37-91-35-24-73-57-12-8-11-54-61(57)65(86)81(64(54)85)58-19-20-60(82)75-63(58)84/h5-18,41,50,58,73-74H,4,19-40,42-47H2,1-3H3,(H,76,83)(H,75,82,84)/t50-,58?,67?,68?/m1/s1. The highest BCUT2D eigenvalue weighted by atomic mass is 32.2. The van der Waals surface area contributed by atoms with Crippen molar-refractivity contribution < 1.29 is 68.2 Å². The number of benzene rings is 4. The lowest BCUT2D eigenvalue weighted by molar-refractivity contribution is -0.182. The number of ether oxygens (including phenoxy) is 3. The number of halogens is 3. The number of sulfone groups is 1. The van der Waals surface area contributed by atoms with E-state index in [0.29, 0.717) is 106 Å². The smallest absolute Gasteiger partial charge is 0.382 e. The van der Waals surface area contributed by atoms with Gasteiger partial charge >= 0.3 is 5.51 Å². The molecular weight excluding hydrogens is 1300 g/mol. The van der Waals surface area contributed by atoms with E-state index in [-0.39, 0.29) is 36.1 Å². The zero-order valence-electron chi connectivity index (χ0n) is 54.8. The average molecular weight is 1390 g/mol. The van der Waals surface area contributed by atoms with Crippen LogP contribution in [0, 0.1) is 16.2 Å². The van der Waals surface area contributed by atoms with Crippen molar-refractivity contribution in [2.45, 2.75) is 117 Å². The van der Waals surface area contributed by atoms with Crippen molar-refractivity contribution in [2.75, 3.05) is 139 Å². The Kier molecular flexibility index (Phi) is 22.1. The SMILES string of the molecule is CCC12CC(C3=C(CN4CCN(c5ccc(C(=O)NS(=O)(=O)c6ccc(N[C@H](CCN7CCN(CCOCCOCCOCCNc8cccc9c8C(=O)N(C8CCC(=O)NC8=O)C9=O)CC7)CSc7ccccc7)c(S(=O)(=O)C(F)(F)F)c6)cc5)CC4)CCC(C)(C)C3)(C1)C2. The molecule has 520 valence electrons. The van der Waals surface area contributed by atoms with Crippen LogP contribution in [0.25, 0.3) is 0 Å². The number of piperazine rings is 2. The molecule has 4 aliphatic heterocycles. The summed E-state index contributed by atoms with van der Waals surface area (Å²) in [5.74, 6) is -3.00. The van der Waals surface area contributed by atoms with Gasteiger partial charge in [-0.2, -0.15) is 13.2 Å². The van der Waals surface area contributed by atoms with Crippen molar-refractivity contribution in [3.8, 4) is 0 Å². The molecule has 27 heteroatoms. The second-order valence-corrected chi connectivity index (χ2v) is 32.0. The number of piperidine rings is 1. The number of allylic oxidation sites excluding steroid dienone is 1. The van der Waals surface area contributed by atoms with Crippen molar-refractivity contribution >= 4 is 78.2 Å². The molecule has 4 aromatic rings. The number of hydrogen-bond donors (Lipinski definition) is 4. The molecule has 5 amide bonds. The van der Waals surface area contributed by atoms with E-state index in [0.717, 1.165) is 79.8 Å². The molecule has 6 fully saturated rings. The van der Waals surface area contributed by atoms with Crippen LogP contribution in [0.3, 0.4) is 0 Å². The maximum Gasteiger partial charge on any atom is 0.501 e. The third-order valence-electron chi connectivity index (χ3n) is 20.2. The van der Waals surface area contributed by atoms with Gasteiger partial charge in [0.05, 0.1) is 61.4 Å². The molecule has 8 aliphatic rings. The number of nitrogens with zero attached hydrogens (tertiary/aromatic N) is 5. The summed E-state index contributed by atoms with van der Waals surface area (Å²) in [6, 6.07) is 21.5. The predicted octanol–water partition coefficient (Wildman–Crippen LogP) is 8.45. The van der Waals surface area contributed by atoms with E-state index in [1.54, 1.807) is 35.4 Å². The zero-order valence-corrected chi connectivity index (χ0v) is 57.3. The van der Waals surface area contributed by atoms with Gasteiger partial charge in [-0.05, 0) is 134 Å². The summed E-state index contributed by atoms with van der Waals surface area (Å²) < 4.78 is 117. The van der Waals surface area contributed by atoms with Crippen LogP contribution < -0.4 is 25.6 Å². The van der Waals surface area contributed by atoms with Crippen LogP contribution >= 0.6 is 11.8 Å². The van der Waals surface area contributed by atoms with Crippen molar-refractivity contribution in [1.29, 1.82) is 0 Å². The van der Waals surface area contributed by atoms with E-state index in [4.69, 9.17) is 14.2 Å². The maximum absolute atomic E-state index is 14.5. The number of nitrogens with one attached hydrogen (secondary N) is 4. The fraction of sp³-hybridized carbons (Fsp3) is 0.551. The topological polar surface area (TPSA) is 246 Å². The quantitative estimate of drug-likeness (QED) is 0.0160. The number of sulfonamides is 1. The Morgan fingerprint density at radius 1 is 0.740 bits per heavy atom. The molecule has 1 unspecified atom stereocenters. The molecule has 4 N–H and O–H groups in total. The summed E-state index contributed by atoms with van der Waals surface area (Å²) in [6.45, 7) is 17.9. The number of alkyl halides is 3. The summed E-state index contributed by atoms with van der Waals surface area (Å²) in [7, 11) is -11.0. The molecule has 4 aliphatic carbocycles. The lowest BCUT2D eigenvalue weighted by atomic mass is 9.31. The van der Waals surface area contributed by atoms with Crippen LogP contribution in [0.5, 0.6) is 0 Å². The van der Waals surface area contributed by atoms with Crippen LogP contribution in [0.1, 0.15) is 116 Å². The molecule has 2 bridgehead atoms. The van der Waals surface area contributed by atoms with Gasteiger partial charge in [-0.25, -0.2) is 21.6 Å². The Morgan fingerprint density at radius 2 is 1.40 bits per heavy atom. The van der Waals surface area contributed by atoms with Gasteiger partial charge in [0.25, 0.3) is 37.6 Å². The second kappa shape index (κ2) is 30.0. The van der Waals surface area contributed by atoms with Gasteiger partial charge in [-0.1, -0.05) is 62.6 Å². The lowest BCUT2D eigenvalue weighted by Crippen LogP contribution is -2.63. The summed E-state index contributed by atoms with van der Waals surface area (Å²) in [5, 5.41) is 8.39. The minimum Gasteiger partial charge on any atom is -0.382 e. The van der Waals surface area contributed by atoms with Crippen LogP contribution in [-0.4, -0.2) is 207 Å². The molecule has 0 aromatic heterocycles. The third kappa shape index (κ3) is 16.3. The molecule has 21 nitrogen and oxygen atoms in total. The van der Waals surface area contributed by atoms with Crippen molar-refractivity contribution in [1.82, 2.24) is 29.6 Å². The van der Waals surface area contributed by atoms with Crippen LogP contribution in [0.4, 0.5) is 30.2 Å². The van der Waals surface area contributed by atoms with E-state index < -0.39 is 82.5 Å². The maximum atomic E-state index is 14.5. The molecule has 0 spiro atoms. The molecule has 2 atom stereocenters. The Bertz CT molecular complexity index is 3750. The number of fused-ring (bicyclic) bond motifs is 1. The predicted molar refractivity (Wildman–Crippen MR) is 359 cm³/mol. The van der Waals surface area contributed by atoms with Crippen molar-refractivity contribution in [3.05, 3.63) is 119 Å². The molecule has 12 rings (SSSR count). The number of thioether (sulfide) groups is 1. The van der Waals surface area contributed by atoms with Gasteiger partial charge in [-0.3, -0.25) is 44.0 Å². The summed E-state index contributed by atoms with van der Waals surface area (Å²) >= 11 is 1.44. The van der Waals surface area contributed by atoms with Crippen LogP contribution in [0.15, 0.2) is 117 Å². The first-order valence-electron chi connectivity index (χ1n) is 33.4. The molecule has 3 saturated carbocycles. The largest absolute Gasteiger partial charge is 0.501 e. The average Bonchev–Trinajstić information content (AvgIpc) is 0.784. The zero-order chi connectivity index (χ0) is 68.0. The highest BCUT2D eigenvalue weighted by Gasteiger charge is 2.68. The number of carbonyl (C=O) groups is 5. The van der Waals surface area contributed by atoms with Crippen molar-refractivity contribution in [2.24, 2.45) is 16.2 Å². The fourth-order valence-electron chi connectivity index (χ4n) is 14.8. The Hall–Kier alpha value is -6.43. The Morgan fingerprint density at radius 3 is 2.06 bits per heavy atom. The Labute approximate surface area is 564 Å². The van der Waals surface area contributed by atoms with E-state index in [9.17, 15) is 54.0 Å². The number of carbonyl (C=O) groups excluding carboxylic acids is 5. The first-order chi connectivity index (χ1) is 45.9. The number of amides is 5. The van der Waals surface area contributed by atoms with Crippen LogP contribution in [-0.2, 0) is 43.7 Å². The Balaban J connectivity index is 0.612. The molecular formula is C69H88F3N9O12S3.